The maximum absolute atomic E-state index is 10.1. The highest BCUT2D eigenvalue weighted by Crippen LogP contribution is 2.14. The summed E-state index contributed by atoms with van der Waals surface area (Å²) in [6, 6.07) is 14.4. The summed E-state index contributed by atoms with van der Waals surface area (Å²) >= 11 is 0. The lowest BCUT2D eigenvalue weighted by Gasteiger charge is -2.23. The molecule has 0 fully saturated rings. The molecule has 2 aromatic carbocycles. The topological polar surface area (TPSA) is 395 Å². The zero-order valence-electron chi connectivity index (χ0n) is 27.3. The average Bonchev–Trinajstić information content (AvgIpc) is 3.12. The second kappa shape index (κ2) is 24.6. The molecule has 0 amide bonds. The first-order chi connectivity index (χ1) is 23.9. The largest absolute Gasteiger partial charge is 0.494 e. The summed E-state index contributed by atoms with van der Waals surface area (Å²) in [6.45, 7) is -0.394. The van der Waals surface area contributed by atoms with Crippen LogP contribution in [-0.2, 0) is 9.59 Å². The molecule has 51 heavy (non-hydrogen) atoms. The van der Waals surface area contributed by atoms with E-state index in [1.54, 1.807) is 24.3 Å². The fourth-order valence-electron chi connectivity index (χ4n) is 3.56. The van der Waals surface area contributed by atoms with Gasteiger partial charge in [-0.25, -0.2) is 9.59 Å². The van der Waals surface area contributed by atoms with E-state index in [4.69, 9.17) is 93.0 Å². The summed E-state index contributed by atoms with van der Waals surface area (Å²) in [5, 5.41) is 118. The Balaban J connectivity index is 0.000000816. The van der Waals surface area contributed by atoms with E-state index in [0.717, 1.165) is 30.8 Å². The maximum Gasteiger partial charge on any atom is 0.335 e. The van der Waals surface area contributed by atoms with Crippen LogP contribution in [0.2, 0.25) is 0 Å². The number of carboxylic acids is 2. The van der Waals surface area contributed by atoms with Crippen LogP contribution in [0.4, 0.5) is 0 Å². The number of unbranched alkanes of at least 4 members (excludes halogenated alkanes) is 2. The van der Waals surface area contributed by atoms with Gasteiger partial charge in [0.15, 0.2) is 12.2 Å². The molecule has 0 aliphatic carbocycles. The van der Waals surface area contributed by atoms with Crippen LogP contribution in [0.1, 0.15) is 30.4 Å². The number of amidine groups is 2. The highest BCUT2D eigenvalue weighted by Gasteiger charge is 2.34. The molecule has 0 aromatic heterocycles. The van der Waals surface area contributed by atoms with E-state index < -0.39 is 74.0 Å². The molecule has 0 saturated heterocycles. The second-order valence-corrected chi connectivity index (χ2v) is 10.7. The molecular formula is C31H48N4O16. The third kappa shape index (κ3) is 17.8. The third-order valence-electron chi connectivity index (χ3n) is 6.67. The number of rotatable bonds is 20. The summed E-state index contributed by atoms with van der Waals surface area (Å²) in [7, 11) is 0. The van der Waals surface area contributed by atoms with Crippen molar-refractivity contribution in [3.63, 3.8) is 0 Å². The lowest BCUT2D eigenvalue weighted by atomic mass is 10.0. The minimum Gasteiger partial charge on any atom is -0.494 e. The Morgan fingerprint density at radius 3 is 1.08 bits per heavy atom. The number of ether oxygens (including phenoxy) is 2. The average molecular weight is 733 g/mol. The molecule has 0 radical (unpaired) electrons. The van der Waals surface area contributed by atoms with E-state index in [1.807, 2.05) is 24.3 Å². The number of carbonyl (C=O) groups is 2. The molecule has 0 bridgehead atoms. The lowest BCUT2D eigenvalue weighted by molar-refractivity contribution is -0.164. The molecular weight excluding hydrogens is 684 g/mol. The van der Waals surface area contributed by atoms with E-state index in [2.05, 4.69) is 0 Å². The van der Waals surface area contributed by atoms with Gasteiger partial charge in [-0.15, -0.1) is 0 Å². The predicted octanol–water partition coefficient (Wildman–Crippen LogP) is -4.10. The van der Waals surface area contributed by atoms with Crippen molar-refractivity contribution in [2.45, 2.75) is 68.1 Å². The number of aliphatic carboxylic acids is 2. The molecule has 2 rings (SSSR count). The van der Waals surface area contributed by atoms with E-state index in [9.17, 15) is 9.59 Å². The van der Waals surface area contributed by atoms with Gasteiger partial charge in [0.2, 0.25) is 0 Å². The number of nitrogens with two attached hydrogens (primary N) is 2. The van der Waals surface area contributed by atoms with Crippen molar-refractivity contribution in [2.24, 2.45) is 11.5 Å². The molecule has 18 N–H and O–H groups in total. The molecule has 0 spiro atoms. The molecule has 20 heteroatoms. The second-order valence-electron chi connectivity index (χ2n) is 10.7. The summed E-state index contributed by atoms with van der Waals surface area (Å²) in [5.41, 5.74) is 12.2. The SMILES string of the molecule is N=C(N)c1ccc(OCCCCCOc2ccc(C(=N)N)cc2)cc1.O=C(O)[C@H](O)[C@@H](O)[C@H](O)[C@H](O)CO.O=C(O)[C@H](O)[C@@H](O)[C@H](O)[C@H](O)CO. The fraction of sp³-hybridized carbons (Fsp3) is 0.484. The van der Waals surface area contributed by atoms with Crippen LogP contribution in [0.5, 0.6) is 11.5 Å². The summed E-state index contributed by atoms with van der Waals surface area (Å²) in [5.74, 6) is -1.77. The van der Waals surface area contributed by atoms with Crippen LogP contribution in [-0.4, -0.2) is 160 Å². The Morgan fingerprint density at radius 2 is 0.843 bits per heavy atom. The Kier molecular flexibility index (Phi) is 22.5. The van der Waals surface area contributed by atoms with Crippen LogP contribution in [0.3, 0.4) is 0 Å². The summed E-state index contributed by atoms with van der Waals surface area (Å²) in [6.07, 6.45) is -12.8. The molecule has 0 aliphatic rings. The highest BCUT2D eigenvalue weighted by atomic mass is 16.5. The van der Waals surface area contributed by atoms with Crippen molar-refractivity contribution in [1.29, 1.82) is 10.8 Å². The van der Waals surface area contributed by atoms with Crippen molar-refractivity contribution in [2.75, 3.05) is 26.4 Å². The lowest BCUT2D eigenvalue weighted by Crippen LogP contribution is -2.48. The van der Waals surface area contributed by atoms with E-state index in [1.165, 1.54) is 0 Å². The van der Waals surface area contributed by atoms with Gasteiger partial charge in [-0.05, 0) is 67.8 Å². The highest BCUT2D eigenvalue weighted by molar-refractivity contribution is 5.95. The molecule has 0 saturated carbocycles. The molecule has 8 atom stereocenters. The Hall–Kier alpha value is -4.48. The van der Waals surface area contributed by atoms with Crippen LogP contribution >= 0.6 is 0 Å². The van der Waals surface area contributed by atoms with Crippen LogP contribution in [0.25, 0.3) is 0 Å². The van der Waals surface area contributed by atoms with Gasteiger partial charge in [0.1, 0.15) is 59.8 Å². The van der Waals surface area contributed by atoms with Gasteiger partial charge in [-0.1, -0.05) is 0 Å². The van der Waals surface area contributed by atoms with Crippen molar-refractivity contribution in [3.8, 4) is 11.5 Å². The van der Waals surface area contributed by atoms with Crippen molar-refractivity contribution in [3.05, 3.63) is 59.7 Å². The first-order valence-corrected chi connectivity index (χ1v) is 15.2. The standard InChI is InChI=1S/C19H24N4O2.2C6H12O7/c20-18(21)14-4-8-16(9-5-14)24-12-2-1-3-13-25-17-10-6-15(7-11-17)19(22)23;2*7-1-2(8)3(9)4(10)5(11)6(12)13/h4-11H,1-3,12-13H2,(H3,20,21)(H3,22,23);2*2-5,7-11H,1H2,(H,12,13)/t;2*2-,3-,4+,5-/m.11/s1. The first-order valence-electron chi connectivity index (χ1n) is 15.2. The van der Waals surface area contributed by atoms with Gasteiger partial charge >= 0.3 is 11.9 Å². The normalized spacial score (nSPS) is 15.4. The van der Waals surface area contributed by atoms with Crippen molar-refractivity contribution >= 4 is 23.6 Å². The predicted molar refractivity (Wildman–Crippen MR) is 177 cm³/mol. The molecule has 0 heterocycles. The quantitative estimate of drug-likeness (QED) is 0.0349. The van der Waals surface area contributed by atoms with Gasteiger partial charge in [0, 0.05) is 11.1 Å². The zero-order valence-corrected chi connectivity index (χ0v) is 27.3. The minimum atomic E-state index is -2.20. The number of nitrogen functional groups attached to an aromatic ring is 2. The Morgan fingerprint density at radius 1 is 0.549 bits per heavy atom. The van der Waals surface area contributed by atoms with Crippen molar-refractivity contribution in [1.82, 2.24) is 0 Å². The van der Waals surface area contributed by atoms with Crippen molar-refractivity contribution < 1.29 is 80.3 Å². The molecule has 2 aromatic rings. The molecule has 288 valence electrons. The van der Waals surface area contributed by atoms with E-state index in [-0.39, 0.29) is 11.7 Å². The summed E-state index contributed by atoms with van der Waals surface area (Å²) in [4.78, 5) is 20.2. The molecule has 20 nitrogen and oxygen atoms in total. The van der Waals surface area contributed by atoms with Crippen LogP contribution < -0.4 is 20.9 Å². The molecule has 0 aliphatic heterocycles. The van der Waals surface area contributed by atoms with Gasteiger partial charge < -0.3 is 82.2 Å². The summed E-state index contributed by atoms with van der Waals surface area (Å²) < 4.78 is 11.3. The number of aliphatic hydroxyl groups excluding tert-OH is 10. The van der Waals surface area contributed by atoms with E-state index in [0.29, 0.717) is 24.3 Å². The monoisotopic (exact) mass is 732 g/mol. The number of benzene rings is 2. The third-order valence-corrected chi connectivity index (χ3v) is 6.67. The van der Waals surface area contributed by atoms with Gasteiger partial charge in [0.25, 0.3) is 0 Å². The molecule has 0 unspecified atom stereocenters. The van der Waals surface area contributed by atoms with E-state index >= 15 is 0 Å². The maximum atomic E-state index is 10.1. The Bertz CT molecular complexity index is 1220. The van der Waals surface area contributed by atoms with Crippen LogP contribution in [0, 0.1) is 10.8 Å². The zero-order chi connectivity index (χ0) is 39.3. The number of hydrogen-bond acceptors (Lipinski definition) is 16. The number of nitrogens with one attached hydrogen (secondary N) is 2. The minimum absolute atomic E-state index is 0.0579. The number of carboxylic acid groups (broad SMARTS) is 2. The Labute approximate surface area is 292 Å². The fourth-order valence-corrected chi connectivity index (χ4v) is 3.56. The van der Waals surface area contributed by atoms with Gasteiger partial charge in [-0.3, -0.25) is 10.8 Å². The van der Waals surface area contributed by atoms with Gasteiger partial charge in [0.05, 0.1) is 26.4 Å². The smallest absolute Gasteiger partial charge is 0.335 e. The number of aliphatic hydroxyl groups is 10. The van der Waals surface area contributed by atoms with Gasteiger partial charge in [-0.2, -0.15) is 0 Å². The van der Waals surface area contributed by atoms with Crippen LogP contribution in [0.15, 0.2) is 48.5 Å². The first kappa shape index (κ1) is 46.5. The number of hydrogen-bond donors (Lipinski definition) is 16.